The van der Waals surface area contributed by atoms with Crippen molar-refractivity contribution in [2.45, 2.75) is 51.2 Å². The molecular formula is C29H33BrClN3O5S. The summed E-state index contributed by atoms with van der Waals surface area (Å²) >= 11 is 9.52. The SMILES string of the molecule is COc1ccc(S(=O)(=O)N(CC(=O)N(Cc2cccc(Cl)c2)[C@@H](C)C(=O)NC(C)C)c2ccc(C)cc2)cc1Br. The minimum absolute atomic E-state index is 0.0273. The molecule has 0 aliphatic rings. The van der Waals surface area contributed by atoms with E-state index in [1.165, 1.54) is 30.2 Å². The number of hydrogen-bond donors (Lipinski definition) is 1. The molecule has 8 nitrogen and oxygen atoms in total. The third kappa shape index (κ3) is 7.77. The second-order valence-electron chi connectivity index (χ2n) is 9.63. The number of sulfonamides is 1. The molecule has 0 bridgehead atoms. The Morgan fingerprint density at radius 1 is 1.02 bits per heavy atom. The van der Waals surface area contributed by atoms with E-state index in [2.05, 4.69) is 21.2 Å². The smallest absolute Gasteiger partial charge is 0.264 e. The molecule has 1 N–H and O–H groups in total. The first kappa shape index (κ1) is 31.4. The van der Waals surface area contributed by atoms with Crippen LogP contribution in [0.3, 0.4) is 0 Å². The average Bonchev–Trinajstić information content (AvgIpc) is 2.90. The van der Waals surface area contributed by atoms with E-state index in [0.717, 1.165) is 9.87 Å². The Morgan fingerprint density at radius 2 is 1.70 bits per heavy atom. The molecule has 40 heavy (non-hydrogen) atoms. The Morgan fingerprint density at radius 3 is 2.27 bits per heavy atom. The van der Waals surface area contributed by atoms with E-state index in [4.69, 9.17) is 16.3 Å². The fourth-order valence-electron chi connectivity index (χ4n) is 3.99. The standard InChI is InChI=1S/C29H33BrClN3O5S/c1-19(2)32-29(36)21(4)33(17-22-7-6-8-23(31)15-22)28(35)18-34(24-11-9-20(3)10-12-24)40(37,38)25-13-14-27(39-5)26(30)16-25/h6-16,19,21H,17-18H2,1-5H3,(H,32,36)/t21-/m0/s1. The van der Waals surface area contributed by atoms with Crippen molar-refractivity contribution in [3.05, 3.63) is 87.4 Å². The van der Waals surface area contributed by atoms with Crippen molar-refractivity contribution in [1.29, 1.82) is 0 Å². The van der Waals surface area contributed by atoms with Gasteiger partial charge in [0.25, 0.3) is 10.0 Å². The van der Waals surface area contributed by atoms with E-state index in [-0.39, 0.29) is 23.4 Å². The van der Waals surface area contributed by atoms with Gasteiger partial charge in [-0.1, -0.05) is 41.4 Å². The van der Waals surface area contributed by atoms with Crippen LogP contribution in [0.2, 0.25) is 5.02 Å². The van der Waals surface area contributed by atoms with Crippen LogP contribution >= 0.6 is 27.5 Å². The quantitative estimate of drug-likeness (QED) is 0.293. The summed E-state index contributed by atoms with van der Waals surface area (Å²) in [5.74, 6) is -0.438. The number of carbonyl (C=O) groups is 2. The van der Waals surface area contributed by atoms with E-state index < -0.39 is 28.5 Å². The van der Waals surface area contributed by atoms with Crippen LogP contribution in [-0.4, -0.2) is 50.9 Å². The summed E-state index contributed by atoms with van der Waals surface area (Å²) in [6.45, 7) is 6.68. The first-order valence-electron chi connectivity index (χ1n) is 12.6. The second kappa shape index (κ2) is 13.5. The largest absolute Gasteiger partial charge is 0.496 e. The van der Waals surface area contributed by atoms with Gasteiger partial charge < -0.3 is 15.0 Å². The number of benzene rings is 3. The van der Waals surface area contributed by atoms with Crippen molar-refractivity contribution in [2.24, 2.45) is 0 Å². The van der Waals surface area contributed by atoms with E-state index in [1.807, 2.05) is 20.8 Å². The lowest BCUT2D eigenvalue weighted by atomic mass is 10.1. The van der Waals surface area contributed by atoms with Crippen LogP contribution in [0.25, 0.3) is 0 Å². The Kier molecular flexibility index (Phi) is 10.6. The number of carbonyl (C=O) groups excluding carboxylic acids is 2. The summed E-state index contributed by atoms with van der Waals surface area (Å²) in [6.07, 6.45) is 0. The molecule has 0 spiro atoms. The molecule has 0 saturated carbocycles. The second-order valence-corrected chi connectivity index (χ2v) is 12.8. The summed E-state index contributed by atoms with van der Waals surface area (Å²) in [6, 6.07) is 17.2. The molecule has 3 aromatic carbocycles. The van der Waals surface area contributed by atoms with Gasteiger partial charge in [0.15, 0.2) is 0 Å². The van der Waals surface area contributed by atoms with Crippen molar-refractivity contribution in [2.75, 3.05) is 18.0 Å². The van der Waals surface area contributed by atoms with Gasteiger partial charge in [0, 0.05) is 17.6 Å². The minimum atomic E-state index is -4.21. The predicted molar refractivity (Wildman–Crippen MR) is 161 cm³/mol. The van der Waals surface area contributed by atoms with Gasteiger partial charge in [0.2, 0.25) is 11.8 Å². The normalized spacial score (nSPS) is 12.1. The molecule has 3 aromatic rings. The van der Waals surface area contributed by atoms with Crippen LogP contribution in [0, 0.1) is 6.92 Å². The molecule has 1 atom stereocenters. The number of nitrogens with one attached hydrogen (secondary N) is 1. The highest BCUT2D eigenvalue weighted by Crippen LogP contribution is 2.31. The number of anilines is 1. The van der Waals surface area contributed by atoms with Gasteiger partial charge in [-0.3, -0.25) is 13.9 Å². The number of hydrogen-bond acceptors (Lipinski definition) is 5. The molecule has 3 rings (SSSR count). The van der Waals surface area contributed by atoms with Gasteiger partial charge >= 0.3 is 0 Å². The number of rotatable bonds is 11. The highest BCUT2D eigenvalue weighted by molar-refractivity contribution is 9.10. The Balaban J connectivity index is 2.05. The van der Waals surface area contributed by atoms with Crippen molar-refractivity contribution in [3.8, 4) is 5.75 Å². The zero-order chi connectivity index (χ0) is 29.6. The Hall–Kier alpha value is -3.08. The lowest BCUT2D eigenvalue weighted by Crippen LogP contribution is -2.52. The summed E-state index contributed by atoms with van der Waals surface area (Å²) in [5.41, 5.74) is 1.95. The number of aryl methyl sites for hydroxylation is 1. The fourth-order valence-corrected chi connectivity index (χ4v) is 6.34. The van der Waals surface area contributed by atoms with Crippen molar-refractivity contribution >= 4 is 55.1 Å². The van der Waals surface area contributed by atoms with Crippen LogP contribution in [0.5, 0.6) is 5.75 Å². The van der Waals surface area contributed by atoms with Gasteiger partial charge in [0.05, 0.1) is 22.2 Å². The zero-order valence-electron chi connectivity index (χ0n) is 23.0. The summed E-state index contributed by atoms with van der Waals surface area (Å²) < 4.78 is 34.7. The van der Waals surface area contributed by atoms with Gasteiger partial charge in [0.1, 0.15) is 18.3 Å². The van der Waals surface area contributed by atoms with Crippen LogP contribution in [0.1, 0.15) is 31.9 Å². The zero-order valence-corrected chi connectivity index (χ0v) is 26.2. The Bertz CT molecular complexity index is 1460. The number of methoxy groups -OCH3 is 1. The molecular weight excluding hydrogens is 618 g/mol. The van der Waals surface area contributed by atoms with E-state index in [0.29, 0.717) is 26.5 Å². The van der Waals surface area contributed by atoms with E-state index >= 15 is 0 Å². The molecule has 11 heteroatoms. The number of halogens is 2. The number of nitrogens with zero attached hydrogens (tertiary/aromatic N) is 2. The lowest BCUT2D eigenvalue weighted by Gasteiger charge is -2.32. The Labute approximate surface area is 249 Å². The maximum Gasteiger partial charge on any atom is 0.264 e. The van der Waals surface area contributed by atoms with E-state index in [9.17, 15) is 18.0 Å². The predicted octanol–water partition coefficient (Wildman–Crippen LogP) is 5.56. The number of amides is 2. The molecule has 0 aliphatic carbocycles. The molecule has 0 radical (unpaired) electrons. The molecule has 0 aliphatic heterocycles. The van der Waals surface area contributed by atoms with Crippen molar-refractivity contribution in [1.82, 2.24) is 10.2 Å². The molecule has 2 amide bonds. The van der Waals surface area contributed by atoms with Crippen LogP contribution in [0.15, 0.2) is 76.1 Å². The van der Waals surface area contributed by atoms with Crippen LogP contribution in [0.4, 0.5) is 5.69 Å². The average molecular weight is 651 g/mol. The molecule has 0 saturated heterocycles. The van der Waals surface area contributed by atoms with Gasteiger partial charge in [-0.25, -0.2) is 8.42 Å². The van der Waals surface area contributed by atoms with Gasteiger partial charge in [-0.2, -0.15) is 0 Å². The summed E-state index contributed by atoms with van der Waals surface area (Å²) in [7, 11) is -2.73. The molecule has 214 valence electrons. The van der Waals surface area contributed by atoms with Crippen LogP contribution in [-0.2, 0) is 26.2 Å². The molecule has 0 fully saturated rings. The lowest BCUT2D eigenvalue weighted by molar-refractivity contribution is -0.139. The number of ether oxygens (including phenoxy) is 1. The highest BCUT2D eigenvalue weighted by atomic mass is 79.9. The van der Waals surface area contributed by atoms with Gasteiger partial charge in [-0.05, 0) is 91.7 Å². The van der Waals surface area contributed by atoms with Gasteiger partial charge in [-0.15, -0.1) is 0 Å². The maximum atomic E-state index is 14.0. The molecule has 0 heterocycles. The topological polar surface area (TPSA) is 96.0 Å². The third-order valence-corrected chi connectivity index (χ3v) is 8.78. The maximum absolute atomic E-state index is 14.0. The minimum Gasteiger partial charge on any atom is -0.496 e. The molecule has 0 unspecified atom stereocenters. The van der Waals surface area contributed by atoms with Crippen molar-refractivity contribution < 1.29 is 22.7 Å². The van der Waals surface area contributed by atoms with Crippen molar-refractivity contribution in [3.63, 3.8) is 0 Å². The monoisotopic (exact) mass is 649 g/mol. The fraction of sp³-hybridized carbons (Fsp3) is 0.310. The third-order valence-electron chi connectivity index (χ3n) is 6.15. The first-order valence-corrected chi connectivity index (χ1v) is 15.2. The first-order chi connectivity index (χ1) is 18.8. The summed E-state index contributed by atoms with van der Waals surface area (Å²) in [5, 5.41) is 3.32. The van der Waals surface area contributed by atoms with E-state index in [1.54, 1.807) is 55.5 Å². The molecule has 0 aromatic heterocycles. The van der Waals surface area contributed by atoms with Crippen LogP contribution < -0.4 is 14.4 Å². The summed E-state index contributed by atoms with van der Waals surface area (Å²) in [4.78, 5) is 28.3. The highest BCUT2D eigenvalue weighted by Gasteiger charge is 2.33.